The molecule has 2 aliphatic heterocycles. The number of piperidine rings is 1. The van der Waals surface area contributed by atoms with Crippen LogP contribution >= 0.6 is 0 Å². The minimum atomic E-state index is -0.676. The molecule has 1 spiro atoms. The number of fused-ring (bicyclic) bond motifs is 3. The third-order valence-electron chi connectivity index (χ3n) is 8.32. The van der Waals surface area contributed by atoms with E-state index in [9.17, 15) is 9.59 Å². The zero-order valence-corrected chi connectivity index (χ0v) is 22.5. The van der Waals surface area contributed by atoms with E-state index in [0.29, 0.717) is 12.8 Å². The van der Waals surface area contributed by atoms with Crippen molar-refractivity contribution in [2.75, 3.05) is 13.1 Å². The van der Waals surface area contributed by atoms with E-state index >= 15 is 0 Å². The van der Waals surface area contributed by atoms with Crippen LogP contribution in [0.1, 0.15) is 101 Å². The van der Waals surface area contributed by atoms with Crippen LogP contribution in [0.2, 0.25) is 0 Å². The molecule has 3 heterocycles. The van der Waals surface area contributed by atoms with Gasteiger partial charge in [0.25, 0.3) is 0 Å². The number of furan rings is 1. The van der Waals surface area contributed by atoms with Gasteiger partial charge in [0.15, 0.2) is 0 Å². The lowest BCUT2D eigenvalue weighted by atomic mass is 9.67. The Morgan fingerprint density at radius 1 is 1.19 bits per heavy atom. The number of aryl methyl sites for hydroxylation is 1. The molecule has 5 heteroatoms. The quantitative estimate of drug-likeness (QED) is 0.215. The van der Waals surface area contributed by atoms with Gasteiger partial charge in [-0.05, 0) is 58.4 Å². The van der Waals surface area contributed by atoms with Crippen LogP contribution in [0.4, 0.5) is 0 Å². The van der Waals surface area contributed by atoms with Crippen LogP contribution in [0.3, 0.4) is 0 Å². The molecular weight excluding hydrogens is 460 g/mol. The first kappa shape index (κ1) is 26.9. The molecule has 2 saturated heterocycles. The molecule has 1 unspecified atom stereocenters. The van der Waals surface area contributed by atoms with E-state index in [1.807, 2.05) is 35.8 Å². The minimum absolute atomic E-state index is 0.0605. The lowest BCUT2D eigenvalue weighted by molar-refractivity contribution is -0.151. The Balaban J connectivity index is 1.67. The van der Waals surface area contributed by atoms with E-state index in [4.69, 9.17) is 4.42 Å². The summed E-state index contributed by atoms with van der Waals surface area (Å²) in [4.78, 5) is 31.9. The summed E-state index contributed by atoms with van der Waals surface area (Å²) < 4.78 is 6.48. The average molecular weight is 501 g/mol. The zero-order valence-electron chi connectivity index (χ0n) is 22.5. The van der Waals surface area contributed by atoms with Crippen molar-refractivity contribution in [3.8, 4) is 23.7 Å². The molecular formula is C32H40N2O3. The van der Waals surface area contributed by atoms with Gasteiger partial charge in [0.1, 0.15) is 17.6 Å². The molecule has 0 N–H and O–H groups in total. The van der Waals surface area contributed by atoms with E-state index in [-0.39, 0.29) is 29.8 Å². The van der Waals surface area contributed by atoms with Crippen molar-refractivity contribution >= 4 is 11.8 Å². The summed E-state index contributed by atoms with van der Waals surface area (Å²) in [6.45, 7) is 13.0. The Labute approximate surface area is 222 Å². The van der Waals surface area contributed by atoms with Gasteiger partial charge in [-0.15, -0.1) is 36.8 Å². The first-order valence-electron chi connectivity index (χ1n) is 13.8. The van der Waals surface area contributed by atoms with E-state index < -0.39 is 5.41 Å². The Kier molecular flexibility index (Phi) is 8.65. The number of allylic oxidation sites excluding steroid dienone is 1. The highest BCUT2D eigenvalue weighted by Crippen LogP contribution is 2.67. The van der Waals surface area contributed by atoms with Gasteiger partial charge in [-0.1, -0.05) is 12.2 Å². The van der Waals surface area contributed by atoms with Crippen LogP contribution < -0.4 is 0 Å². The molecule has 0 aromatic carbocycles. The molecule has 1 aliphatic carbocycles. The second kappa shape index (κ2) is 11.9. The number of likely N-dealkylation sites (tertiary alicyclic amines) is 2. The fraction of sp³-hybridized carbons (Fsp3) is 0.562. The fourth-order valence-corrected chi connectivity index (χ4v) is 6.71. The number of unbranched alkanes of at least 4 members (excludes halogenated alkanes) is 3. The first-order chi connectivity index (χ1) is 18.0. The molecule has 4 rings (SSSR count). The standard InChI is InChI=1S/C32H40N2O3/c1-5-9-12-13-16-20-33-21-19-27-26-22-25(17-14-10-6-2)37-29(26)30-32(27,31(33)36)23-24(8-4)34(30)28(35)18-15-11-7-3/h7-8,22,24,27,30H,3-4,11-21,23H2,1-2H3/t24-,27-,30?,32-/m0/s1. The van der Waals surface area contributed by atoms with Crippen molar-refractivity contribution in [3.63, 3.8) is 0 Å². The minimum Gasteiger partial charge on any atom is -0.463 e. The number of hydrogen-bond acceptors (Lipinski definition) is 3. The molecule has 4 atom stereocenters. The average Bonchev–Trinajstić information content (AvgIpc) is 3.52. The summed E-state index contributed by atoms with van der Waals surface area (Å²) in [5.74, 6) is 14.1. The third-order valence-corrected chi connectivity index (χ3v) is 8.32. The third kappa shape index (κ3) is 4.89. The van der Waals surface area contributed by atoms with Crippen LogP contribution in [-0.2, 0) is 16.0 Å². The van der Waals surface area contributed by atoms with Crippen LogP contribution in [0.15, 0.2) is 35.8 Å². The summed E-state index contributed by atoms with van der Waals surface area (Å²) in [5, 5.41) is 0. The molecule has 1 aromatic rings. The van der Waals surface area contributed by atoms with Crippen LogP contribution in [0, 0.1) is 29.1 Å². The maximum Gasteiger partial charge on any atom is 0.232 e. The smallest absolute Gasteiger partial charge is 0.232 e. The second-order valence-corrected chi connectivity index (χ2v) is 10.4. The van der Waals surface area contributed by atoms with E-state index in [1.54, 1.807) is 0 Å². The van der Waals surface area contributed by atoms with Crippen molar-refractivity contribution < 1.29 is 14.0 Å². The number of carbonyl (C=O) groups is 2. The Morgan fingerprint density at radius 2 is 1.97 bits per heavy atom. The number of nitrogens with zero attached hydrogens (tertiary/aromatic N) is 2. The highest BCUT2D eigenvalue weighted by atomic mass is 16.3. The van der Waals surface area contributed by atoms with Gasteiger partial charge in [0.2, 0.25) is 11.8 Å². The van der Waals surface area contributed by atoms with Gasteiger partial charge in [-0.3, -0.25) is 9.59 Å². The highest BCUT2D eigenvalue weighted by Gasteiger charge is 2.69. The van der Waals surface area contributed by atoms with E-state index in [2.05, 4.69) is 42.9 Å². The Hall–Kier alpha value is -3.18. The molecule has 0 radical (unpaired) electrons. The molecule has 1 aromatic heterocycles. The number of rotatable bonds is 11. The van der Waals surface area contributed by atoms with Crippen molar-refractivity contribution in [1.29, 1.82) is 0 Å². The zero-order chi connectivity index (χ0) is 26.4. The SMILES string of the molecule is C=CCCCC(=O)N1C2c3oc(CCC#CC)cc3[C@@H]3CCN(CCCCC#CC)C(=O)[C@]23C[C@@H]1C=C. The molecule has 0 saturated carbocycles. The van der Waals surface area contributed by atoms with Gasteiger partial charge < -0.3 is 14.2 Å². The topological polar surface area (TPSA) is 53.8 Å². The molecule has 196 valence electrons. The fourth-order valence-electron chi connectivity index (χ4n) is 6.71. The van der Waals surface area contributed by atoms with Crippen molar-refractivity contribution in [3.05, 3.63) is 48.5 Å². The second-order valence-electron chi connectivity index (χ2n) is 10.4. The Morgan fingerprint density at radius 3 is 2.70 bits per heavy atom. The van der Waals surface area contributed by atoms with Crippen molar-refractivity contribution in [2.24, 2.45) is 5.41 Å². The number of hydrogen-bond donors (Lipinski definition) is 0. The van der Waals surface area contributed by atoms with Crippen LogP contribution in [0.25, 0.3) is 0 Å². The van der Waals surface area contributed by atoms with Gasteiger partial charge in [0, 0.05) is 50.3 Å². The molecule has 2 fully saturated rings. The summed E-state index contributed by atoms with van der Waals surface area (Å²) in [5.41, 5.74) is 0.451. The van der Waals surface area contributed by atoms with Crippen LogP contribution in [0.5, 0.6) is 0 Å². The molecule has 5 nitrogen and oxygen atoms in total. The van der Waals surface area contributed by atoms with Gasteiger partial charge in [-0.25, -0.2) is 0 Å². The summed E-state index contributed by atoms with van der Waals surface area (Å²) in [6.07, 6.45) is 11.4. The van der Waals surface area contributed by atoms with Gasteiger partial charge in [0.05, 0.1) is 11.5 Å². The maximum absolute atomic E-state index is 14.3. The largest absolute Gasteiger partial charge is 0.463 e. The first-order valence-corrected chi connectivity index (χ1v) is 13.8. The number of amides is 2. The Bertz CT molecular complexity index is 1160. The summed E-state index contributed by atoms with van der Waals surface area (Å²) in [6, 6.07) is 1.59. The summed E-state index contributed by atoms with van der Waals surface area (Å²) in [7, 11) is 0. The van der Waals surface area contributed by atoms with Crippen molar-refractivity contribution in [1.82, 2.24) is 9.80 Å². The molecule has 37 heavy (non-hydrogen) atoms. The van der Waals surface area contributed by atoms with Gasteiger partial charge in [-0.2, -0.15) is 0 Å². The highest BCUT2D eigenvalue weighted by molar-refractivity contribution is 5.90. The van der Waals surface area contributed by atoms with Crippen molar-refractivity contribution in [2.45, 2.75) is 96.1 Å². The maximum atomic E-state index is 14.3. The normalized spacial score (nSPS) is 25.4. The molecule has 2 amide bonds. The van der Waals surface area contributed by atoms with Crippen LogP contribution in [-0.4, -0.2) is 40.7 Å². The van der Waals surface area contributed by atoms with E-state index in [0.717, 1.165) is 81.5 Å². The predicted octanol–water partition coefficient (Wildman–Crippen LogP) is 5.93. The van der Waals surface area contributed by atoms with E-state index in [1.165, 1.54) is 0 Å². The lowest BCUT2D eigenvalue weighted by Gasteiger charge is -2.44. The predicted molar refractivity (Wildman–Crippen MR) is 146 cm³/mol. The number of carbonyl (C=O) groups excluding carboxylic acids is 2. The molecule has 0 bridgehead atoms. The summed E-state index contributed by atoms with van der Waals surface area (Å²) >= 11 is 0. The molecule has 3 aliphatic rings. The monoisotopic (exact) mass is 500 g/mol. The lowest BCUT2D eigenvalue weighted by Crippen LogP contribution is -2.53. The van der Waals surface area contributed by atoms with Gasteiger partial charge >= 0.3 is 0 Å².